The topological polar surface area (TPSA) is 50.4 Å². The number of piperidine rings is 1. The Bertz CT molecular complexity index is 475. The van der Waals surface area contributed by atoms with Crippen LogP contribution in [0.15, 0.2) is 24.3 Å². The fraction of sp³-hybridized carbons (Fsp3) is 0.533. The number of para-hydroxylation sites is 1. The van der Waals surface area contributed by atoms with E-state index in [-0.39, 0.29) is 23.9 Å². The largest absolute Gasteiger partial charge is 0.491 e. The molecule has 19 heavy (non-hydrogen) atoms. The van der Waals surface area contributed by atoms with Crippen molar-refractivity contribution in [2.24, 2.45) is 5.92 Å². The number of nitrogens with one attached hydrogen (secondary N) is 2. The first-order valence-electron chi connectivity index (χ1n) is 7.01. The van der Waals surface area contributed by atoms with Gasteiger partial charge in [-0.15, -0.1) is 0 Å². The van der Waals surface area contributed by atoms with Crippen molar-refractivity contribution in [1.82, 2.24) is 10.6 Å². The molecular weight excluding hydrogens is 240 g/mol. The molecule has 3 unspecified atom stereocenters. The SMILES string of the molecule is CC1NCCCC1C(=O)NC1COc2ccccc21. The summed E-state index contributed by atoms with van der Waals surface area (Å²) in [7, 11) is 0. The molecule has 2 aliphatic heterocycles. The molecule has 3 atom stereocenters. The molecule has 2 N–H and O–H groups in total. The quantitative estimate of drug-likeness (QED) is 0.849. The van der Waals surface area contributed by atoms with E-state index in [1.54, 1.807) is 0 Å². The molecule has 0 bridgehead atoms. The van der Waals surface area contributed by atoms with Crippen molar-refractivity contribution >= 4 is 5.91 Å². The fourth-order valence-corrected chi connectivity index (χ4v) is 2.96. The van der Waals surface area contributed by atoms with Gasteiger partial charge in [0.25, 0.3) is 0 Å². The maximum atomic E-state index is 12.4. The van der Waals surface area contributed by atoms with Crippen molar-refractivity contribution < 1.29 is 9.53 Å². The van der Waals surface area contributed by atoms with Gasteiger partial charge in [0, 0.05) is 11.6 Å². The average molecular weight is 260 g/mol. The minimum absolute atomic E-state index is 0.00201. The summed E-state index contributed by atoms with van der Waals surface area (Å²) in [5.41, 5.74) is 1.09. The second kappa shape index (κ2) is 5.21. The van der Waals surface area contributed by atoms with E-state index in [1.165, 1.54) is 0 Å². The van der Waals surface area contributed by atoms with Gasteiger partial charge in [-0.25, -0.2) is 0 Å². The molecule has 1 amide bonds. The molecule has 0 aromatic heterocycles. The molecule has 0 radical (unpaired) electrons. The van der Waals surface area contributed by atoms with Gasteiger partial charge in [0.1, 0.15) is 12.4 Å². The molecule has 0 saturated carbocycles. The maximum Gasteiger partial charge on any atom is 0.225 e. The summed E-state index contributed by atoms with van der Waals surface area (Å²) in [6, 6.07) is 8.17. The Morgan fingerprint density at radius 3 is 3.11 bits per heavy atom. The predicted octanol–water partition coefficient (Wildman–Crippen LogP) is 1.62. The first-order chi connectivity index (χ1) is 9.25. The summed E-state index contributed by atoms with van der Waals surface area (Å²) < 4.78 is 5.60. The molecule has 1 saturated heterocycles. The Morgan fingerprint density at radius 2 is 2.26 bits per heavy atom. The molecule has 3 rings (SSSR count). The highest BCUT2D eigenvalue weighted by Crippen LogP contribution is 2.32. The van der Waals surface area contributed by atoms with E-state index in [1.807, 2.05) is 24.3 Å². The zero-order valence-corrected chi connectivity index (χ0v) is 11.2. The van der Waals surface area contributed by atoms with Gasteiger partial charge in [-0.1, -0.05) is 18.2 Å². The van der Waals surface area contributed by atoms with Crippen molar-refractivity contribution in [2.75, 3.05) is 13.2 Å². The van der Waals surface area contributed by atoms with Crippen LogP contribution in [-0.2, 0) is 4.79 Å². The molecule has 2 heterocycles. The summed E-state index contributed by atoms with van der Waals surface area (Å²) in [6.07, 6.45) is 2.04. The molecular formula is C15H20N2O2. The number of fused-ring (bicyclic) bond motifs is 1. The van der Waals surface area contributed by atoms with Gasteiger partial charge in [-0.05, 0) is 32.4 Å². The molecule has 102 valence electrons. The summed E-state index contributed by atoms with van der Waals surface area (Å²) in [5, 5.41) is 6.50. The van der Waals surface area contributed by atoms with Gasteiger partial charge in [0.2, 0.25) is 5.91 Å². The number of ether oxygens (including phenoxy) is 1. The summed E-state index contributed by atoms with van der Waals surface area (Å²) in [4.78, 5) is 12.4. The van der Waals surface area contributed by atoms with E-state index in [4.69, 9.17) is 4.74 Å². The van der Waals surface area contributed by atoms with Gasteiger partial charge in [-0.3, -0.25) is 4.79 Å². The lowest BCUT2D eigenvalue weighted by Gasteiger charge is -2.29. The van der Waals surface area contributed by atoms with Crippen LogP contribution in [0.1, 0.15) is 31.4 Å². The van der Waals surface area contributed by atoms with Crippen molar-refractivity contribution in [3.05, 3.63) is 29.8 Å². The van der Waals surface area contributed by atoms with E-state index in [9.17, 15) is 4.79 Å². The fourth-order valence-electron chi connectivity index (χ4n) is 2.96. The summed E-state index contributed by atoms with van der Waals surface area (Å²) >= 11 is 0. The van der Waals surface area contributed by atoms with E-state index in [0.29, 0.717) is 6.61 Å². The van der Waals surface area contributed by atoms with Crippen LogP contribution in [0.5, 0.6) is 5.75 Å². The Morgan fingerprint density at radius 1 is 1.42 bits per heavy atom. The minimum Gasteiger partial charge on any atom is -0.491 e. The lowest BCUT2D eigenvalue weighted by Crippen LogP contribution is -2.47. The lowest BCUT2D eigenvalue weighted by atomic mass is 9.91. The monoisotopic (exact) mass is 260 g/mol. The van der Waals surface area contributed by atoms with Crippen molar-refractivity contribution in [1.29, 1.82) is 0 Å². The highest BCUT2D eigenvalue weighted by molar-refractivity contribution is 5.80. The van der Waals surface area contributed by atoms with Gasteiger partial charge < -0.3 is 15.4 Å². The van der Waals surface area contributed by atoms with Crippen molar-refractivity contribution in [2.45, 2.75) is 31.8 Å². The van der Waals surface area contributed by atoms with Crippen LogP contribution >= 0.6 is 0 Å². The van der Waals surface area contributed by atoms with E-state index in [2.05, 4.69) is 17.6 Å². The van der Waals surface area contributed by atoms with Crippen LogP contribution in [-0.4, -0.2) is 25.1 Å². The Kier molecular flexibility index (Phi) is 3.42. The van der Waals surface area contributed by atoms with Gasteiger partial charge in [0.05, 0.1) is 12.0 Å². The van der Waals surface area contributed by atoms with Crippen LogP contribution in [0.25, 0.3) is 0 Å². The number of hydrogen-bond acceptors (Lipinski definition) is 3. The smallest absolute Gasteiger partial charge is 0.225 e. The molecule has 4 nitrogen and oxygen atoms in total. The molecule has 2 aliphatic rings. The van der Waals surface area contributed by atoms with E-state index in [0.717, 1.165) is 30.7 Å². The first kappa shape index (κ1) is 12.5. The van der Waals surface area contributed by atoms with Gasteiger partial charge in [0.15, 0.2) is 0 Å². The minimum atomic E-state index is -0.00201. The maximum absolute atomic E-state index is 12.4. The number of carbonyl (C=O) groups excluding carboxylic acids is 1. The molecule has 4 heteroatoms. The van der Waals surface area contributed by atoms with Gasteiger partial charge in [-0.2, -0.15) is 0 Å². The average Bonchev–Trinajstić information content (AvgIpc) is 2.83. The second-order valence-corrected chi connectivity index (χ2v) is 5.40. The number of amides is 1. The molecule has 1 aromatic carbocycles. The van der Waals surface area contributed by atoms with E-state index < -0.39 is 0 Å². The van der Waals surface area contributed by atoms with Gasteiger partial charge >= 0.3 is 0 Å². The predicted molar refractivity (Wildman–Crippen MR) is 73.0 cm³/mol. The third kappa shape index (κ3) is 2.45. The van der Waals surface area contributed by atoms with Crippen LogP contribution in [0, 0.1) is 5.92 Å². The van der Waals surface area contributed by atoms with Crippen LogP contribution in [0.4, 0.5) is 0 Å². The Hall–Kier alpha value is -1.55. The zero-order valence-electron chi connectivity index (χ0n) is 11.2. The molecule has 1 aromatic rings. The van der Waals surface area contributed by atoms with E-state index >= 15 is 0 Å². The Labute approximate surface area is 113 Å². The van der Waals surface area contributed by atoms with Crippen molar-refractivity contribution in [3.63, 3.8) is 0 Å². The number of rotatable bonds is 2. The first-order valence-corrected chi connectivity index (χ1v) is 7.01. The number of carbonyl (C=O) groups is 1. The van der Waals surface area contributed by atoms with Crippen LogP contribution < -0.4 is 15.4 Å². The standard InChI is InChI=1S/C15H20N2O2/c1-10-11(6-4-8-16-10)15(18)17-13-9-19-14-7-3-2-5-12(13)14/h2-3,5,7,10-11,13,16H,4,6,8-9H2,1H3,(H,17,18). The highest BCUT2D eigenvalue weighted by atomic mass is 16.5. The third-order valence-electron chi connectivity index (χ3n) is 4.11. The normalized spacial score (nSPS) is 29.4. The molecule has 0 aliphatic carbocycles. The second-order valence-electron chi connectivity index (χ2n) is 5.40. The summed E-state index contributed by atoms with van der Waals surface area (Å²) in [6.45, 7) is 3.64. The zero-order chi connectivity index (χ0) is 13.2. The lowest BCUT2D eigenvalue weighted by molar-refractivity contribution is -0.127. The third-order valence-corrected chi connectivity index (χ3v) is 4.11. The molecule has 0 spiro atoms. The van der Waals surface area contributed by atoms with Crippen LogP contribution in [0.3, 0.4) is 0 Å². The molecule has 1 fully saturated rings. The van der Waals surface area contributed by atoms with Crippen LogP contribution in [0.2, 0.25) is 0 Å². The number of benzene rings is 1. The number of hydrogen-bond donors (Lipinski definition) is 2. The highest BCUT2D eigenvalue weighted by Gasteiger charge is 2.31. The summed E-state index contributed by atoms with van der Waals surface area (Å²) in [5.74, 6) is 1.11. The Balaban J connectivity index is 1.67. The van der Waals surface area contributed by atoms with Crippen molar-refractivity contribution in [3.8, 4) is 5.75 Å².